The lowest BCUT2D eigenvalue weighted by Crippen LogP contribution is -2.32. The number of ether oxygens (including phenoxy) is 1. The summed E-state index contributed by atoms with van der Waals surface area (Å²) in [5.41, 5.74) is 3.52. The Balaban J connectivity index is 0.000000650. The number of carbonyl (C=O) groups excluding carboxylic acids is 2. The van der Waals surface area contributed by atoms with Gasteiger partial charge in [-0.15, -0.1) is 11.3 Å². The smallest absolute Gasteiger partial charge is 0.253 e. The summed E-state index contributed by atoms with van der Waals surface area (Å²) < 4.78 is 7.02. The summed E-state index contributed by atoms with van der Waals surface area (Å²) in [7, 11) is 0. The number of nitrogens with one attached hydrogen (secondary N) is 2. The van der Waals surface area contributed by atoms with E-state index in [1.165, 1.54) is 23.3 Å². The first-order valence-electron chi connectivity index (χ1n) is 14.0. The Morgan fingerprint density at radius 1 is 1.15 bits per heavy atom. The molecule has 8 heteroatoms. The van der Waals surface area contributed by atoms with E-state index >= 15 is 0 Å². The molecule has 1 aliphatic heterocycles. The molecule has 1 unspecified atom stereocenters. The van der Waals surface area contributed by atoms with Crippen LogP contribution in [0.2, 0.25) is 0 Å². The third-order valence-electron chi connectivity index (χ3n) is 5.68. The quantitative estimate of drug-likeness (QED) is 0.331. The number of rotatable bonds is 6. The highest BCUT2D eigenvalue weighted by Gasteiger charge is 2.16. The lowest BCUT2D eigenvalue weighted by atomic mass is 10.1. The van der Waals surface area contributed by atoms with Crippen LogP contribution in [-0.2, 0) is 21.5 Å². The zero-order chi connectivity index (χ0) is 29.4. The summed E-state index contributed by atoms with van der Waals surface area (Å²) >= 11 is 1.36. The lowest BCUT2D eigenvalue weighted by molar-refractivity contribution is -0.115. The summed E-state index contributed by atoms with van der Waals surface area (Å²) in [6.07, 6.45) is 5.87. The van der Waals surface area contributed by atoms with Crippen molar-refractivity contribution in [2.75, 3.05) is 25.1 Å². The van der Waals surface area contributed by atoms with Crippen LogP contribution >= 0.6 is 11.3 Å². The highest BCUT2D eigenvalue weighted by molar-refractivity contribution is 7.14. The Kier molecular flexibility index (Phi) is 15.4. The summed E-state index contributed by atoms with van der Waals surface area (Å²) in [5, 5.41) is 7.82. The van der Waals surface area contributed by atoms with Gasteiger partial charge in [0, 0.05) is 42.1 Å². The molecule has 1 saturated heterocycles. The van der Waals surface area contributed by atoms with E-state index in [9.17, 15) is 9.59 Å². The largest absolute Gasteiger partial charge is 0.381 e. The predicted molar refractivity (Wildman–Crippen MR) is 165 cm³/mol. The monoisotopic (exact) mass is 556 g/mol. The van der Waals surface area contributed by atoms with Gasteiger partial charge in [0.15, 0.2) is 5.13 Å². The molecule has 0 bridgehead atoms. The SMILES string of the molecule is CC.CC.CC1CCOC1.CCc1cccc(-c2csc(NC(=O)CNC(=O)c3ccn(C(C)(C)C)c3)n2)c1. The summed E-state index contributed by atoms with van der Waals surface area (Å²) in [4.78, 5) is 29.0. The van der Waals surface area contributed by atoms with Crippen molar-refractivity contribution in [1.82, 2.24) is 14.9 Å². The molecule has 1 atom stereocenters. The minimum Gasteiger partial charge on any atom is -0.381 e. The van der Waals surface area contributed by atoms with E-state index in [-0.39, 0.29) is 23.9 Å². The lowest BCUT2D eigenvalue weighted by Gasteiger charge is -2.20. The van der Waals surface area contributed by atoms with Crippen molar-refractivity contribution >= 4 is 28.3 Å². The molecule has 4 rings (SSSR count). The summed E-state index contributed by atoms with van der Waals surface area (Å²) in [6, 6.07) is 9.94. The van der Waals surface area contributed by atoms with Gasteiger partial charge in [-0.25, -0.2) is 4.98 Å². The summed E-state index contributed by atoms with van der Waals surface area (Å²) in [6.45, 7) is 20.4. The molecule has 1 fully saturated rings. The average molecular weight is 557 g/mol. The van der Waals surface area contributed by atoms with E-state index in [1.54, 1.807) is 12.3 Å². The van der Waals surface area contributed by atoms with Crippen molar-refractivity contribution in [3.63, 3.8) is 0 Å². The second kappa shape index (κ2) is 17.6. The van der Waals surface area contributed by atoms with Crippen LogP contribution in [0.5, 0.6) is 0 Å². The molecule has 2 N–H and O–H groups in total. The van der Waals surface area contributed by atoms with Crippen LogP contribution < -0.4 is 10.6 Å². The molecule has 0 saturated carbocycles. The van der Waals surface area contributed by atoms with Gasteiger partial charge in [0.05, 0.1) is 17.8 Å². The van der Waals surface area contributed by atoms with Gasteiger partial charge in [-0.05, 0) is 57.2 Å². The Hall–Kier alpha value is -2.97. The Morgan fingerprint density at radius 2 is 1.87 bits per heavy atom. The van der Waals surface area contributed by atoms with Gasteiger partial charge in [-0.3, -0.25) is 9.59 Å². The Labute approximate surface area is 239 Å². The predicted octanol–water partition coefficient (Wildman–Crippen LogP) is 7.39. The number of benzene rings is 1. The fourth-order valence-corrected chi connectivity index (χ4v) is 4.18. The molecule has 7 nitrogen and oxygen atoms in total. The number of anilines is 1. The minimum absolute atomic E-state index is 0.102. The molecule has 0 radical (unpaired) electrons. The van der Waals surface area contributed by atoms with Gasteiger partial charge in [-0.1, -0.05) is 59.7 Å². The van der Waals surface area contributed by atoms with E-state index < -0.39 is 0 Å². The highest BCUT2D eigenvalue weighted by atomic mass is 32.1. The molecule has 1 aromatic carbocycles. The van der Waals surface area contributed by atoms with Crippen molar-refractivity contribution in [3.8, 4) is 11.3 Å². The third kappa shape index (κ3) is 11.8. The van der Waals surface area contributed by atoms with Gasteiger partial charge in [-0.2, -0.15) is 0 Å². The molecule has 3 heterocycles. The van der Waals surface area contributed by atoms with Gasteiger partial charge in [0.25, 0.3) is 5.91 Å². The number of amides is 2. The highest BCUT2D eigenvalue weighted by Crippen LogP contribution is 2.25. The molecule has 216 valence electrons. The molecule has 0 spiro atoms. The summed E-state index contributed by atoms with van der Waals surface area (Å²) in [5.74, 6) is 0.237. The van der Waals surface area contributed by atoms with Crippen LogP contribution in [0.25, 0.3) is 11.3 Å². The maximum absolute atomic E-state index is 12.3. The van der Waals surface area contributed by atoms with Crippen LogP contribution in [-0.4, -0.2) is 41.1 Å². The number of hydrogen-bond acceptors (Lipinski definition) is 5. The van der Waals surface area contributed by atoms with E-state index in [1.807, 2.05) is 56.0 Å². The van der Waals surface area contributed by atoms with E-state index in [2.05, 4.69) is 62.4 Å². The molecule has 2 amide bonds. The molecule has 39 heavy (non-hydrogen) atoms. The molecule has 2 aromatic heterocycles. The van der Waals surface area contributed by atoms with E-state index in [0.29, 0.717) is 10.7 Å². The standard InChI is InChI=1S/C22H26N4O2S.C5H10O.2C2H6/c1-5-15-7-6-8-16(11-15)18-14-29-21(24-18)25-19(27)12-23-20(28)17-9-10-26(13-17)22(2,3)4;1-5-2-3-6-4-5;2*1-2/h6-11,13-14H,5,12H2,1-4H3,(H,23,28)(H,24,25,27);5H,2-4H2,1H3;2*1-2H3. The van der Waals surface area contributed by atoms with Gasteiger partial charge in [0.2, 0.25) is 5.91 Å². The fourth-order valence-electron chi connectivity index (χ4n) is 3.44. The van der Waals surface area contributed by atoms with Gasteiger partial charge < -0.3 is 19.9 Å². The van der Waals surface area contributed by atoms with Crippen molar-refractivity contribution in [2.45, 2.75) is 80.7 Å². The first kappa shape index (κ1) is 34.1. The van der Waals surface area contributed by atoms with Crippen LogP contribution in [0.1, 0.15) is 84.7 Å². The molecule has 3 aromatic rings. The van der Waals surface area contributed by atoms with Crippen molar-refractivity contribution in [1.29, 1.82) is 0 Å². The van der Waals surface area contributed by atoms with Crippen LogP contribution in [0.3, 0.4) is 0 Å². The van der Waals surface area contributed by atoms with Crippen LogP contribution in [0.15, 0.2) is 48.1 Å². The Morgan fingerprint density at radius 3 is 2.41 bits per heavy atom. The molecular formula is C31H48N4O3S. The zero-order valence-corrected chi connectivity index (χ0v) is 26.1. The number of aromatic nitrogens is 2. The maximum atomic E-state index is 12.3. The first-order chi connectivity index (χ1) is 18.7. The van der Waals surface area contributed by atoms with Crippen LogP contribution in [0, 0.1) is 5.92 Å². The Bertz CT molecular complexity index is 1120. The van der Waals surface area contributed by atoms with Gasteiger partial charge in [0.1, 0.15) is 0 Å². The average Bonchev–Trinajstić information content (AvgIpc) is 3.72. The second-order valence-electron chi connectivity index (χ2n) is 9.77. The number of carbonyl (C=O) groups is 2. The zero-order valence-electron chi connectivity index (χ0n) is 25.3. The number of hydrogen-bond donors (Lipinski definition) is 2. The second-order valence-corrected chi connectivity index (χ2v) is 10.6. The maximum Gasteiger partial charge on any atom is 0.253 e. The normalized spacial score (nSPS) is 14.0. The first-order valence-corrected chi connectivity index (χ1v) is 14.9. The minimum atomic E-state index is -0.309. The van der Waals surface area contributed by atoms with E-state index in [0.717, 1.165) is 36.8 Å². The topological polar surface area (TPSA) is 85.3 Å². The molecule has 0 aliphatic carbocycles. The van der Waals surface area contributed by atoms with Crippen molar-refractivity contribution in [3.05, 3.63) is 59.2 Å². The number of nitrogens with zero attached hydrogens (tertiary/aromatic N) is 2. The molecular weight excluding hydrogens is 508 g/mol. The van der Waals surface area contributed by atoms with E-state index in [4.69, 9.17) is 4.74 Å². The third-order valence-corrected chi connectivity index (χ3v) is 6.44. The van der Waals surface area contributed by atoms with Gasteiger partial charge >= 0.3 is 0 Å². The number of thiazole rings is 1. The fraction of sp³-hybridized carbons (Fsp3) is 0.516. The van der Waals surface area contributed by atoms with Crippen molar-refractivity contribution < 1.29 is 14.3 Å². The van der Waals surface area contributed by atoms with Crippen molar-refractivity contribution in [2.24, 2.45) is 5.92 Å². The number of aryl methyl sites for hydroxylation is 1. The molecule has 1 aliphatic rings. The van der Waals surface area contributed by atoms with Crippen LogP contribution in [0.4, 0.5) is 5.13 Å².